The molecule has 0 radical (unpaired) electrons. The molecule has 5 nitrogen and oxygen atoms in total. The molecule has 0 saturated carbocycles. The number of hydrogen-bond acceptors (Lipinski definition) is 3. The summed E-state index contributed by atoms with van der Waals surface area (Å²) in [6.45, 7) is 0. The third-order valence-electron chi connectivity index (χ3n) is 2.58. The van der Waals surface area contributed by atoms with Crippen LogP contribution in [0.5, 0.6) is 0 Å². The zero-order chi connectivity index (χ0) is 15.6. The maximum Gasteiger partial charge on any atom is 0.289 e. The fraction of sp³-hybridized carbons (Fsp3) is 0. The molecule has 0 saturated heterocycles. The first kappa shape index (κ1) is 15.8. The van der Waals surface area contributed by atoms with Gasteiger partial charge in [-0.3, -0.25) is 14.9 Å². The van der Waals surface area contributed by atoms with Gasteiger partial charge >= 0.3 is 0 Å². The van der Waals surface area contributed by atoms with E-state index in [2.05, 4.69) is 21.2 Å². The minimum atomic E-state index is -0.614. The highest BCUT2D eigenvalue weighted by Gasteiger charge is 2.15. The zero-order valence-corrected chi connectivity index (χ0v) is 13.4. The highest BCUT2D eigenvalue weighted by Crippen LogP contribution is 2.28. The molecule has 0 aliphatic heterocycles. The van der Waals surface area contributed by atoms with Gasteiger partial charge in [-0.15, -0.1) is 0 Å². The second kappa shape index (κ2) is 6.43. The van der Waals surface area contributed by atoms with E-state index in [1.54, 1.807) is 18.2 Å². The summed E-state index contributed by atoms with van der Waals surface area (Å²) in [5.41, 5.74) is 0.373. The number of hydrogen-bond donors (Lipinski definition) is 1. The van der Waals surface area contributed by atoms with Gasteiger partial charge in [0.2, 0.25) is 0 Å². The van der Waals surface area contributed by atoms with Crippen molar-refractivity contribution < 1.29 is 9.72 Å². The SMILES string of the molecule is O=C(Nc1ccc(Cl)c([N+](=O)[O-])c1)c1ccc(Cl)c(Br)c1. The minimum absolute atomic E-state index is 0.00670. The van der Waals surface area contributed by atoms with Crippen LogP contribution in [0.3, 0.4) is 0 Å². The Bertz CT molecular complexity index is 737. The lowest BCUT2D eigenvalue weighted by atomic mass is 10.2. The maximum absolute atomic E-state index is 12.1. The van der Waals surface area contributed by atoms with Crippen LogP contribution in [-0.4, -0.2) is 10.8 Å². The molecule has 0 aliphatic rings. The van der Waals surface area contributed by atoms with Gasteiger partial charge in [0.15, 0.2) is 0 Å². The number of rotatable bonds is 3. The zero-order valence-electron chi connectivity index (χ0n) is 10.3. The number of amides is 1. The summed E-state index contributed by atoms with van der Waals surface area (Å²) in [4.78, 5) is 22.3. The normalized spacial score (nSPS) is 10.2. The highest BCUT2D eigenvalue weighted by atomic mass is 79.9. The van der Waals surface area contributed by atoms with Crippen LogP contribution in [0.25, 0.3) is 0 Å². The first-order valence-corrected chi connectivity index (χ1v) is 7.13. The molecule has 108 valence electrons. The van der Waals surface area contributed by atoms with Crippen LogP contribution < -0.4 is 5.32 Å². The van der Waals surface area contributed by atoms with Gasteiger partial charge in [0.1, 0.15) is 5.02 Å². The number of nitrogens with zero attached hydrogens (tertiary/aromatic N) is 1. The Hall–Kier alpha value is -1.63. The third kappa shape index (κ3) is 3.72. The molecule has 1 N–H and O–H groups in total. The van der Waals surface area contributed by atoms with E-state index in [-0.39, 0.29) is 16.4 Å². The molecule has 8 heteroatoms. The number of benzene rings is 2. The van der Waals surface area contributed by atoms with Gasteiger partial charge in [-0.05, 0) is 46.3 Å². The first-order valence-electron chi connectivity index (χ1n) is 5.59. The predicted octanol–water partition coefficient (Wildman–Crippen LogP) is 4.92. The van der Waals surface area contributed by atoms with Gasteiger partial charge in [0.25, 0.3) is 11.6 Å². The Kier molecular flexibility index (Phi) is 4.82. The molecule has 0 unspecified atom stereocenters. The summed E-state index contributed by atoms with van der Waals surface area (Å²) in [6, 6.07) is 8.72. The molecule has 2 rings (SSSR count). The van der Waals surface area contributed by atoms with Crippen molar-refractivity contribution in [2.45, 2.75) is 0 Å². The van der Waals surface area contributed by atoms with Gasteiger partial charge in [0.05, 0.1) is 9.95 Å². The molecule has 0 heterocycles. The first-order chi connectivity index (χ1) is 9.88. The topological polar surface area (TPSA) is 72.2 Å². The smallest absolute Gasteiger partial charge is 0.289 e. The lowest BCUT2D eigenvalue weighted by Gasteiger charge is -2.06. The number of carbonyl (C=O) groups is 1. The Labute approximate surface area is 138 Å². The van der Waals surface area contributed by atoms with E-state index in [0.717, 1.165) is 0 Å². The molecule has 2 aromatic carbocycles. The molecule has 21 heavy (non-hydrogen) atoms. The maximum atomic E-state index is 12.1. The second-order valence-corrected chi connectivity index (χ2v) is 5.68. The van der Waals surface area contributed by atoms with Crippen LogP contribution in [0.15, 0.2) is 40.9 Å². The molecule has 0 spiro atoms. The molecule has 0 fully saturated rings. The molecule has 0 atom stereocenters. The van der Waals surface area contributed by atoms with Crippen LogP contribution in [-0.2, 0) is 0 Å². The minimum Gasteiger partial charge on any atom is -0.322 e. The average molecular weight is 390 g/mol. The number of carbonyl (C=O) groups excluding carboxylic acids is 1. The van der Waals surface area contributed by atoms with Crippen LogP contribution in [0.4, 0.5) is 11.4 Å². The lowest BCUT2D eigenvalue weighted by Crippen LogP contribution is -2.12. The van der Waals surface area contributed by atoms with Crippen molar-refractivity contribution in [2.75, 3.05) is 5.32 Å². The van der Waals surface area contributed by atoms with E-state index in [1.165, 1.54) is 18.2 Å². The quantitative estimate of drug-likeness (QED) is 0.598. The van der Waals surface area contributed by atoms with Crippen molar-refractivity contribution in [2.24, 2.45) is 0 Å². The summed E-state index contributed by atoms with van der Waals surface area (Å²) in [5, 5.41) is 13.8. The Morgan fingerprint density at radius 2 is 1.81 bits per heavy atom. The number of anilines is 1. The van der Waals surface area contributed by atoms with E-state index in [0.29, 0.717) is 15.1 Å². The number of nitro groups is 1. The van der Waals surface area contributed by atoms with Gasteiger partial charge in [-0.1, -0.05) is 23.2 Å². The van der Waals surface area contributed by atoms with Crippen LogP contribution in [0.2, 0.25) is 10.0 Å². The molecule has 0 aromatic heterocycles. The Morgan fingerprint density at radius 1 is 1.14 bits per heavy atom. The van der Waals surface area contributed by atoms with E-state index in [9.17, 15) is 14.9 Å². The monoisotopic (exact) mass is 388 g/mol. The second-order valence-electron chi connectivity index (χ2n) is 4.01. The summed E-state index contributed by atoms with van der Waals surface area (Å²) in [5.74, 6) is -0.413. The van der Waals surface area contributed by atoms with E-state index >= 15 is 0 Å². The average Bonchev–Trinajstić information content (AvgIpc) is 2.43. The van der Waals surface area contributed by atoms with Crippen molar-refractivity contribution >= 4 is 56.4 Å². The standard InChI is InChI=1S/C13H7BrCl2N2O3/c14-9-5-7(1-3-10(9)15)13(19)17-8-2-4-11(16)12(6-8)18(20)21/h1-6H,(H,17,19). The van der Waals surface area contributed by atoms with E-state index < -0.39 is 10.8 Å². The van der Waals surface area contributed by atoms with Gasteiger partial charge in [-0.2, -0.15) is 0 Å². The Balaban J connectivity index is 2.25. The molecule has 0 bridgehead atoms. The molecular formula is C13H7BrCl2N2O3. The largest absolute Gasteiger partial charge is 0.322 e. The Morgan fingerprint density at radius 3 is 2.43 bits per heavy atom. The number of nitrogens with one attached hydrogen (secondary N) is 1. The third-order valence-corrected chi connectivity index (χ3v) is 4.12. The lowest BCUT2D eigenvalue weighted by molar-refractivity contribution is -0.384. The van der Waals surface area contributed by atoms with Crippen molar-refractivity contribution in [1.29, 1.82) is 0 Å². The van der Waals surface area contributed by atoms with Crippen molar-refractivity contribution in [3.8, 4) is 0 Å². The van der Waals surface area contributed by atoms with Crippen LogP contribution in [0.1, 0.15) is 10.4 Å². The van der Waals surface area contributed by atoms with E-state index in [1.807, 2.05) is 0 Å². The number of nitro benzene ring substituents is 1. The molecule has 0 aliphatic carbocycles. The van der Waals surface area contributed by atoms with Gasteiger partial charge < -0.3 is 5.32 Å². The summed E-state index contributed by atoms with van der Waals surface area (Å²) in [7, 11) is 0. The number of halogens is 3. The summed E-state index contributed by atoms with van der Waals surface area (Å²) in [6.07, 6.45) is 0. The predicted molar refractivity (Wildman–Crippen MR) is 85.2 cm³/mol. The summed E-state index contributed by atoms with van der Waals surface area (Å²) >= 11 is 14.8. The van der Waals surface area contributed by atoms with Gasteiger partial charge in [-0.25, -0.2) is 0 Å². The highest BCUT2D eigenvalue weighted by molar-refractivity contribution is 9.10. The van der Waals surface area contributed by atoms with Gasteiger partial charge in [0, 0.05) is 21.8 Å². The van der Waals surface area contributed by atoms with Crippen LogP contribution >= 0.6 is 39.1 Å². The summed E-state index contributed by atoms with van der Waals surface area (Å²) < 4.78 is 0.582. The van der Waals surface area contributed by atoms with Crippen LogP contribution in [0, 0.1) is 10.1 Å². The fourth-order valence-corrected chi connectivity index (χ4v) is 2.25. The van der Waals surface area contributed by atoms with E-state index in [4.69, 9.17) is 23.2 Å². The molecular weight excluding hydrogens is 383 g/mol. The molecule has 2 aromatic rings. The molecule has 1 amide bonds. The van der Waals surface area contributed by atoms with Crippen molar-refractivity contribution in [3.63, 3.8) is 0 Å². The van der Waals surface area contributed by atoms with Crippen molar-refractivity contribution in [3.05, 3.63) is 66.6 Å². The van der Waals surface area contributed by atoms with Crippen molar-refractivity contribution in [1.82, 2.24) is 0 Å². The fourth-order valence-electron chi connectivity index (χ4n) is 1.57.